The van der Waals surface area contributed by atoms with Crippen LogP contribution in [0.1, 0.15) is 94.9 Å². The van der Waals surface area contributed by atoms with Crippen molar-refractivity contribution in [1.29, 1.82) is 0 Å². The number of phenols is 1. The molecule has 44 heavy (non-hydrogen) atoms. The number of ether oxygens (including phenoxy) is 3. The van der Waals surface area contributed by atoms with Crippen LogP contribution < -0.4 is 14.4 Å². The van der Waals surface area contributed by atoms with E-state index >= 15 is 0 Å². The molecule has 0 radical (unpaired) electrons. The smallest absolute Gasteiger partial charge is 0.386 e. The van der Waals surface area contributed by atoms with Gasteiger partial charge in [0.1, 0.15) is 13.2 Å². The molecule has 0 aromatic heterocycles. The third kappa shape index (κ3) is 13.2. The molecule has 0 fully saturated rings. The van der Waals surface area contributed by atoms with E-state index in [2.05, 4.69) is 39.8 Å². The normalized spacial score (nSPS) is 11.3. The first kappa shape index (κ1) is 35.7. The van der Waals surface area contributed by atoms with Crippen LogP contribution in [0.5, 0.6) is 23.0 Å². The summed E-state index contributed by atoms with van der Waals surface area (Å²) in [5, 5.41) is 10.2. The van der Waals surface area contributed by atoms with Crippen LogP contribution in [0.4, 0.5) is 0 Å². The zero-order valence-electron chi connectivity index (χ0n) is 27.0. The summed E-state index contributed by atoms with van der Waals surface area (Å²) in [6.07, 6.45) is 11.9. The summed E-state index contributed by atoms with van der Waals surface area (Å²) < 4.78 is 16.7. The average molecular weight is 607 g/mol. The van der Waals surface area contributed by atoms with Crippen molar-refractivity contribution in [3.8, 4) is 23.0 Å². The number of hydrogen-bond acceptors (Lipinski definition) is 8. The summed E-state index contributed by atoms with van der Waals surface area (Å²) in [4.78, 5) is 35.6. The molecule has 0 aliphatic heterocycles. The Morgan fingerprint density at radius 2 is 1.20 bits per heavy atom. The number of carbonyl (C=O) groups excluding carboxylic acids is 2. The second-order valence-electron chi connectivity index (χ2n) is 10.9. The second-order valence-corrected chi connectivity index (χ2v) is 10.9. The van der Waals surface area contributed by atoms with Crippen LogP contribution in [-0.2, 0) is 9.62 Å². The zero-order valence-corrected chi connectivity index (χ0v) is 27.0. The lowest BCUT2D eigenvalue weighted by Gasteiger charge is -2.12. The molecule has 2 aromatic carbocycles. The van der Waals surface area contributed by atoms with E-state index in [4.69, 9.17) is 24.0 Å². The van der Waals surface area contributed by atoms with Gasteiger partial charge in [-0.05, 0) is 123 Å². The van der Waals surface area contributed by atoms with Crippen LogP contribution in [0.2, 0.25) is 0 Å². The highest BCUT2D eigenvalue weighted by Crippen LogP contribution is 2.31. The summed E-state index contributed by atoms with van der Waals surface area (Å²) in [5.74, 6) is -0.971. The third-order valence-corrected chi connectivity index (χ3v) is 6.38. The second kappa shape index (κ2) is 18.9. The first-order chi connectivity index (χ1) is 21.0. The minimum absolute atomic E-state index is 0.103. The monoisotopic (exact) mass is 606 g/mol. The Labute approximate surface area is 261 Å². The van der Waals surface area contributed by atoms with Crippen molar-refractivity contribution in [3.05, 3.63) is 94.1 Å². The molecule has 0 bridgehead atoms. The lowest BCUT2D eigenvalue weighted by atomic mass is 10.1. The maximum absolute atomic E-state index is 12.8. The lowest BCUT2D eigenvalue weighted by molar-refractivity contribution is -0.150. The van der Waals surface area contributed by atoms with Gasteiger partial charge in [0.15, 0.2) is 17.2 Å². The molecule has 8 heteroatoms. The molecule has 8 nitrogen and oxygen atoms in total. The summed E-state index contributed by atoms with van der Waals surface area (Å²) in [7, 11) is 0. The Morgan fingerprint density at radius 1 is 0.682 bits per heavy atom. The summed E-state index contributed by atoms with van der Waals surface area (Å²) in [6.45, 7) is 14.7. The van der Waals surface area contributed by atoms with Crippen LogP contribution in [-0.4, -0.2) is 36.9 Å². The van der Waals surface area contributed by atoms with Crippen LogP contribution in [0.3, 0.4) is 0 Å². The maximum atomic E-state index is 12.8. The molecule has 0 aliphatic rings. The van der Waals surface area contributed by atoms with Crippen molar-refractivity contribution in [2.45, 2.75) is 74.1 Å². The molecule has 0 saturated heterocycles. The zero-order chi connectivity index (χ0) is 32.5. The Balaban J connectivity index is 2.10. The van der Waals surface area contributed by atoms with Crippen LogP contribution in [0, 0.1) is 0 Å². The SMILES string of the molecule is CCOC(=O)c1ccc(OOC(=O)c2ccc(O)c(OC/C=C(\C)CCC=C(C)C)c2)c(OC/C=C(\C)CCC=C(C)C)c1. The van der Waals surface area contributed by atoms with Crippen LogP contribution in [0.15, 0.2) is 83.0 Å². The molecule has 0 atom stereocenters. The Bertz CT molecular complexity index is 1370. The largest absolute Gasteiger partial charge is 0.504 e. The summed E-state index contributed by atoms with van der Waals surface area (Å²) in [5.41, 5.74) is 5.24. The molecule has 0 unspecified atom stereocenters. The fraction of sp³-hybridized carbons (Fsp3) is 0.389. The van der Waals surface area contributed by atoms with Gasteiger partial charge in [-0.3, -0.25) is 4.89 Å². The highest BCUT2D eigenvalue weighted by Gasteiger charge is 2.17. The number of allylic oxidation sites excluding steroid dienone is 6. The topological polar surface area (TPSA) is 101 Å². The van der Waals surface area contributed by atoms with E-state index in [1.165, 1.54) is 47.5 Å². The van der Waals surface area contributed by atoms with E-state index in [0.717, 1.165) is 36.8 Å². The lowest BCUT2D eigenvalue weighted by Crippen LogP contribution is -2.11. The predicted octanol–water partition coefficient (Wildman–Crippen LogP) is 8.86. The van der Waals surface area contributed by atoms with Gasteiger partial charge in [-0.2, -0.15) is 0 Å². The fourth-order valence-electron chi connectivity index (χ4n) is 3.85. The van der Waals surface area contributed by atoms with E-state index in [0.29, 0.717) is 0 Å². The Hall–Kier alpha value is -4.46. The first-order valence-corrected chi connectivity index (χ1v) is 14.9. The summed E-state index contributed by atoms with van der Waals surface area (Å²) >= 11 is 0. The van der Waals surface area contributed by atoms with Crippen molar-refractivity contribution < 1.29 is 38.7 Å². The van der Waals surface area contributed by atoms with Gasteiger partial charge in [0.2, 0.25) is 5.75 Å². The van der Waals surface area contributed by atoms with Crippen molar-refractivity contribution in [3.63, 3.8) is 0 Å². The van der Waals surface area contributed by atoms with Gasteiger partial charge in [0.05, 0.1) is 17.7 Å². The van der Waals surface area contributed by atoms with Crippen molar-refractivity contribution in [1.82, 2.24) is 0 Å². The molecule has 2 aromatic rings. The van der Waals surface area contributed by atoms with Gasteiger partial charge < -0.3 is 19.3 Å². The summed E-state index contributed by atoms with van der Waals surface area (Å²) in [6, 6.07) is 8.59. The predicted molar refractivity (Wildman–Crippen MR) is 172 cm³/mol. The van der Waals surface area contributed by atoms with Crippen LogP contribution >= 0.6 is 0 Å². The minimum atomic E-state index is -0.807. The molecule has 1 N–H and O–H groups in total. The third-order valence-electron chi connectivity index (χ3n) is 6.38. The van der Waals surface area contributed by atoms with Crippen molar-refractivity contribution in [2.24, 2.45) is 0 Å². The highest BCUT2D eigenvalue weighted by atomic mass is 17.2. The molecule has 0 saturated carbocycles. The first-order valence-electron chi connectivity index (χ1n) is 14.9. The number of carbonyl (C=O) groups is 2. The molecule has 0 heterocycles. The number of aromatic hydroxyl groups is 1. The molecule has 238 valence electrons. The standard InChI is InChI=1S/C36H46O8/c1-8-40-35(38)29-16-18-32(34(24-29)42-22-20-28(7)14-10-12-26(4)5)43-44-36(39)30-15-17-31(37)33(23-30)41-21-19-27(6)13-9-11-25(2)3/h11-12,15-20,23-24,37H,8-10,13-14,21-22H2,1-7H3/b27-19+,28-20+. The van der Waals surface area contributed by atoms with Gasteiger partial charge in [-0.15, -0.1) is 0 Å². The van der Waals surface area contributed by atoms with E-state index in [-0.39, 0.29) is 53.9 Å². The van der Waals surface area contributed by atoms with Gasteiger partial charge in [0.25, 0.3) is 0 Å². The van der Waals surface area contributed by atoms with Crippen molar-refractivity contribution >= 4 is 11.9 Å². The number of hydrogen-bond donors (Lipinski definition) is 1. The molecular weight excluding hydrogens is 560 g/mol. The van der Waals surface area contributed by atoms with Crippen molar-refractivity contribution in [2.75, 3.05) is 19.8 Å². The Morgan fingerprint density at radius 3 is 1.77 bits per heavy atom. The highest BCUT2D eigenvalue weighted by molar-refractivity contribution is 5.91. The molecule has 2 rings (SSSR count). The number of benzene rings is 2. The van der Waals surface area contributed by atoms with Gasteiger partial charge in [0, 0.05) is 0 Å². The average Bonchev–Trinajstić information content (AvgIpc) is 2.97. The quantitative estimate of drug-likeness (QED) is 0.0825. The molecule has 0 amide bonds. The van der Waals surface area contributed by atoms with E-state index in [1.807, 2.05) is 26.0 Å². The molecule has 0 spiro atoms. The minimum Gasteiger partial charge on any atom is -0.504 e. The van der Waals surface area contributed by atoms with Gasteiger partial charge >= 0.3 is 11.9 Å². The Kier molecular flexibility index (Phi) is 15.4. The van der Waals surface area contributed by atoms with Crippen LogP contribution in [0.25, 0.3) is 0 Å². The van der Waals surface area contributed by atoms with E-state index in [1.54, 1.807) is 6.92 Å². The van der Waals surface area contributed by atoms with Gasteiger partial charge in [-0.1, -0.05) is 34.4 Å². The number of phenolic OH excluding ortho intramolecular Hbond substituents is 1. The molecular formula is C36H46O8. The fourth-order valence-corrected chi connectivity index (χ4v) is 3.85. The van der Waals surface area contributed by atoms with E-state index < -0.39 is 11.9 Å². The molecule has 0 aliphatic carbocycles. The maximum Gasteiger partial charge on any atom is 0.386 e. The van der Waals surface area contributed by atoms with Gasteiger partial charge in [-0.25, -0.2) is 14.5 Å². The number of esters is 1. The number of rotatable bonds is 17. The van der Waals surface area contributed by atoms with E-state index in [9.17, 15) is 14.7 Å².